The summed E-state index contributed by atoms with van der Waals surface area (Å²) in [6.45, 7) is 1.46. The monoisotopic (exact) mass is 444 g/mol. The van der Waals surface area contributed by atoms with Crippen molar-refractivity contribution in [2.75, 3.05) is 10.6 Å². The van der Waals surface area contributed by atoms with Crippen LogP contribution in [0.4, 0.5) is 11.4 Å². The van der Waals surface area contributed by atoms with E-state index in [-0.39, 0.29) is 11.8 Å². The summed E-state index contributed by atoms with van der Waals surface area (Å²) in [6.07, 6.45) is 0. The molecular formula is C23H20N6O2S. The Hall–Kier alpha value is -3.98. The van der Waals surface area contributed by atoms with E-state index in [9.17, 15) is 9.59 Å². The molecule has 4 rings (SSSR count). The van der Waals surface area contributed by atoms with Gasteiger partial charge in [0.1, 0.15) is 0 Å². The first-order valence-corrected chi connectivity index (χ1v) is 10.8. The molecule has 0 bridgehead atoms. The molecule has 0 aliphatic heterocycles. The first kappa shape index (κ1) is 21.3. The largest absolute Gasteiger partial charge is 0.326 e. The Bertz CT molecular complexity index is 1220. The molecule has 3 aromatic carbocycles. The van der Waals surface area contributed by atoms with Gasteiger partial charge in [0.15, 0.2) is 0 Å². The zero-order valence-corrected chi connectivity index (χ0v) is 18.0. The minimum absolute atomic E-state index is 0.144. The van der Waals surface area contributed by atoms with Crippen molar-refractivity contribution in [2.24, 2.45) is 0 Å². The van der Waals surface area contributed by atoms with Crippen LogP contribution in [-0.2, 0) is 10.5 Å². The number of carbonyl (C=O) groups is 2. The van der Waals surface area contributed by atoms with Crippen LogP contribution in [0.1, 0.15) is 22.8 Å². The standard InChI is InChI=1S/C23H20N6O2S/c1-16(30)24-20-8-5-9-21(14-20)29-23(26-27-28-29)32-15-17-10-12-18(13-11-17)22(31)25-19-6-3-2-4-7-19/h2-14H,15H2,1H3,(H,24,30)(H,25,31). The molecule has 1 heterocycles. The van der Waals surface area contributed by atoms with Gasteiger partial charge in [0.05, 0.1) is 5.69 Å². The number of benzene rings is 3. The van der Waals surface area contributed by atoms with Crippen molar-refractivity contribution in [3.8, 4) is 5.69 Å². The third-order valence-corrected chi connectivity index (χ3v) is 5.46. The average molecular weight is 445 g/mol. The van der Waals surface area contributed by atoms with Crippen LogP contribution in [-0.4, -0.2) is 32.0 Å². The van der Waals surface area contributed by atoms with Crippen LogP contribution in [0.2, 0.25) is 0 Å². The van der Waals surface area contributed by atoms with E-state index in [1.165, 1.54) is 18.7 Å². The molecule has 0 saturated heterocycles. The fourth-order valence-corrected chi connectivity index (χ4v) is 3.82. The van der Waals surface area contributed by atoms with Crippen LogP contribution in [0.3, 0.4) is 0 Å². The van der Waals surface area contributed by atoms with Crippen molar-refractivity contribution in [1.29, 1.82) is 0 Å². The fourth-order valence-electron chi connectivity index (χ4n) is 2.97. The number of hydrogen-bond donors (Lipinski definition) is 2. The summed E-state index contributed by atoms with van der Waals surface area (Å²) in [7, 11) is 0. The van der Waals surface area contributed by atoms with Gasteiger partial charge in [-0.1, -0.05) is 48.2 Å². The molecule has 0 fully saturated rings. The molecular weight excluding hydrogens is 424 g/mol. The quantitative estimate of drug-likeness (QED) is 0.415. The minimum Gasteiger partial charge on any atom is -0.326 e. The van der Waals surface area contributed by atoms with Crippen molar-refractivity contribution in [3.63, 3.8) is 0 Å². The Morgan fingerprint density at radius 2 is 1.66 bits per heavy atom. The van der Waals surface area contributed by atoms with Crippen molar-refractivity contribution >= 4 is 35.0 Å². The maximum atomic E-state index is 12.4. The Balaban J connectivity index is 1.40. The van der Waals surface area contributed by atoms with Crippen LogP contribution in [0, 0.1) is 0 Å². The molecule has 8 nitrogen and oxygen atoms in total. The summed E-state index contributed by atoms with van der Waals surface area (Å²) in [6, 6.07) is 24.1. The normalized spacial score (nSPS) is 10.5. The molecule has 160 valence electrons. The maximum absolute atomic E-state index is 12.4. The fraction of sp³-hybridized carbons (Fsp3) is 0.0870. The SMILES string of the molecule is CC(=O)Nc1cccc(-n2nnnc2SCc2ccc(C(=O)Nc3ccccc3)cc2)c1. The van der Waals surface area contributed by atoms with Crippen molar-refractivity contribution in [1.82, 2.24) is 20.2 Å². The smallest absolute Gasteiger partial charge is 0.255 e. The second-order valence-electron chi connectivity index (χ2n) is 6.91. The number of nitrogens with zero attached hydrogens (tertiary/aromatic N) is 4. The molecule has 2 N–H and O–H groups in total. The Morgan fingerprint density at radius 3 is 2.41 bits per heavy atom. The summed E-state index contributed by atoms with van der Waals surface area (Å²) in [5, 5.41) is 18.2. The maximum Gasteiger partial charge on any atom is 0.255 e. The van der Waals surface area contributed by atoms with Gasteiger partial charge in [-0.3, -0.25) is 9.59 Å². The predicted octanol–water partition coefficient (Wildman–Crippen LogP) is 4.17. The minimum atomic E-state index is -0.154. The summed E-state index contributed by atoms with van der Waals surface area (Å²) < 4.78 is 1.62. The van der Waals surface area contributed by atoms with Gasteiger partial charge in [-0.25, -0.2) is 0 Å². The van der Waals surface area contributed by atoms with Crippen LogP contribution >= 0.6 is 11.8 Å². The van der Waals surface area contributed by atoms with Gasteiger partial charge in [-0.15, -0.1) is 5.10 Å². The number of hydrogen-bond acceptors (Lipinski definition) is 6. The number of tetrazole rings is 1. The zero-order chi connectivity index (χ0) is 22.3. The molecule has 1 aromatic heterocycles. The molecule has 0 spiro atoms. The Kier molecular flexibility index (Phi) is 6.57. The van der Waals surface area contributed by atoms with E-state index in [4.69, 9.17) is 0 Å². The van der Waals surface area contributed by atoms with Crippen LogP contribution < -0.4 is 10.6 Å². The van der Waals surface area contributed by atoms with E-state index in [2.05, 4.69) is 26.2 Å². The van der Waals surface area contributed by atoms with E-state index < -0.39 is 0 Å². The Morgan fingerprint density at radius 1 is 0.906 bits per heavy atom. The van der Waals surface area contributed by atoms with Crippen LogP contribution in [0.15, 0.2) is 84.0 Å². The highest BCUT2D eigenvalue weighted by Crippen LogP contribution is 2.24. The first-order valence-electron chi connectivity index (χ1n) is 9.83. The lowest BCUT2D eigenvalue weighted by Crippen LogP contribution is -2.11. The lowest BCUT2D eigenvalue weighted by atomic mass is 10.1. The molecule has 0 aliphatic rings. The number of amides is 2. The summed E-state index contributed by atoms with van der Waals surface area (Å²) in [5.41, 5.74) is 3.80. The topological polar surface area (TPSA) is 102 Å². The molecule has 32 heavy (non-hydrogen) atoms. The summed E-state index contributed by atoms with van der Waals surface area (Å²) in [5.74, 6) is 0.333. The summed E-state index contributed by atoms with van der Waals surface area (Å²) >= 11 is 1.48. The lowest BCUT2D eigenvalue weighted by Gasteiger charge is -2.08. The van der Waals surface area contributed by atoms with Gasteiger partial charge >= 0.3 is 0 Å². The molecule has 2 amide bonds. The van der Waals surface area contributed by atoms with E-state index in [1.54, 1.807) is 22.9 Å². The van der Waals surface area contributed by atoms with Crippen LogP contribution in [0.25, 0.3) is 5.69 Å². The molecule has 0 radical (unpaired) electrons. The third kappa shape index (κ3) is 5.38. The number of anilines is 2. The number of nitrogens with one attached hydrogen (secondary N) is 2. The van der Waals surface area contributed by atoms with Crippen LogP contribution in [0.5, 0.6) is 0 Å². The number of aromatic nitrogens is 4. The van der Waals surface area contributed by atoms with Gasteiger partial charge in [0, 0.05) is 29.6 Å². The molecule has 9 heteroatoms. The predicted molar refractivity (Wildman–Crippen MR) is 124 cm³/mol. The van der Waals surface area contributed by atoms with Gasteiger partial charge in [-0.05, 0) is 58.5 Å². The highest BCUT2D eigenvalue weighted by atomic mass is 32.2. The highest BCUT2D eigenvalue weighted by Gasteiger charge is 2.11. The van der Waals surface area contributed by atoms with Gasteiger partial charge in [-0.2, -0.15) is 4.68 Å². The number of para-hydroxylation sites is 1. The molecule has 0 atom stereocenters. The van der Waals surface area contributed by atoms with E-state index in [0.717, 1.165) is 16.9 Å². The third-order valence-electron chi connectivity index (χ3n) is 4.47. The molecule has 0 unspecified atom stereocenters. The van der Waals surface area contributed by atoms with Crippen molar-refractivity contribution < 1.29 is 9.59 Å². The van der Waals surface area contributed by atoms with E-state index >= 15 is 0 Å². The zero-order valence-electron chi connectivity index (χ0n) is 17.2. The van der Waals surface area contributed by atoms with E-state index in [0.29, 0.717) is 22.2 Å². The average Bonchev–Trinajstić information content (AvgIpc) is 3.27. The van der Waals surface area contributed by atoms with E-state index in [1.807, 2.05) is 60.7 Å². The number of thioether (sulfide) groups is 1. The molecule has 4 aromatic rings. The molecule has 0 aliphatic carbocycles. The number of rotatable bonds is 7. The van der Waals surface area contributed by atoms with Crippen molar-refractivity contribution in [2.45, 2.75) is 17.8 Å². The van der Waals surface area contributed by atoms with Gasteiger partial charge in [0.25, 0.3) is 5.91 Å². The highest BCUT2D eigenvalue weighted by molar-refractivity contribution is 7.98. The lowest BCUT2D eigenvalue weighted by molar-refractivity contribution is -0.114. The van der Waals surface area contributed by atoms with Gasteiger partial charge < -0.3 is 10.6 Å². The Labute approximate surface area is 189 Å². The summed E-state index contributed by atoms with van der Waals surface area (Å²) in [4.78, 5) is 23.7. The van der Waals surface area contributed by atoms with Gasteiger partial charge in [0.2, 0.25) is 11.1 Å². The second kappa shape index (κ2) is 9.88. The number of carbonyl (C=O) groups excluding carboxylic acids is 2. The second-order valence-corrected chi connectivity index (χ2v) is 7.85. The molecule has 0 saturated carbocycles. The van der Waals surface area contributed by atoms with Crippen molar-refractivity contribution in [3.05, 3.63) is 90.0 Å². The first-order chi connectivity index (χ1) is 15.6.